The van der Waals surface area contributed by atoms with Crippen LogP contribution in [-0.4, -0.2) is 64.6 Å². The molecule has 5 N–H and O–H groups in total. The van der Waals surface area contributed by atoms with E-state index in [1.165, 1.54) is 7.11 Å². The molecule has 0 bridgehead atoms. The Morgan fingerprint density at radius 3 is 1.96 bits per heavy atom. The quantitative estimate of drug-likeness (QED) is 0.170. The molecule has 0 saturated heterocycles. The number of ether oxygens (including phenoxy) is 1. The van der Waals surface area contributed by atoms with Crippen molar-refractivity contribution in [3.05, 3.63) is 90.1 Å². The lowest BCUT2D eigenvalue weighted by atomic mass is 9.70. The van der Waals surface area contributed by atoms with Crippen LogP contribution in [0, 0.1) is 10.8 Å². The lowest BCUT2D eigenvalue weighted by Crippen LogP contribution is -2.58. The fourth-order valence-electron chi connectivity index (χ4n) is 5.86. The molecule has 248 valence electrons. The number of aromatic nitrogens is 1. The van der Waals surface area contributed by atoms with E-state index >= 15 is 0 Å². The van der Waals surface area contributed by atoms with Crippen LogP contribution in [0.4, 0.5) is 9.59 Å². The predicted molar refractivity (Wildman–Crippen MR) is 178 cm³/mol. The van der Waals surface area contributed by atoms with Gasteiger partial charge in [0.2, 0.25) is 5.91 Å². The summed E-state index contributed by atoms with van der Waals surface area (Å²) in [6.45, 7) is 11.7. The first-order valence-electron chi connectivity index (χ1n) is 15.5. The third kappa shape index (κ3) is 10.3. The Morgan fingerprint density at radius 1 is 0.804 bits per heavy atom. The SMILES string of the molecule is COC(=O)N[C@H](C(=O)N[C@H](C[C@@H](O)[C@H](Cc1ccccc1)NC(=O)O)C(c1ccc(-c2ccccn2)cc1)C(C)(C)C)C(C)(C)C. The molecule has 0 saturated carbocycles. The lowest BCUT2D eigenvalue weighted by Gasteiger charge is -2.41. The van der Waals surface area contributed by atoms with Crippen LogP contribution in [-0.2, 0) is 16.0 Å². The molecule has 0 aliphatic carbocycles. The fourth-order valence-corrected chi connectivity index (χ4v) is 5.86. The largest absolute Gasteiger partial charge is 0.465 e. The minimum atomic E-state index is -1.26. The average Bonchev–Trinajstić information content (AvgIpc) is 2.99. The van der Waals surface area contributed by atoms with E-state index in [1.54, 1.807) is 6.20 Å². The van der Waals surface area contributed by atoms with Gasteiger partial charge in [0.15, 0.2) is 0 Å². The molecule has 1 heterocycles. The second-order valence-electron chi connectivity index (χ2n) is 13.8. The number of carbonyl (C=O) groups is 3. The number of methoxy groups -OCH3 is 1. The first-order valence-corrected chi connectivity index (χ1v) is 15.5. The van der Waals surface area contributed by atoms with E-state index in [4.69, 9.17) is 4.74 Å². The first-order chi connectivity index (χ1) is 21.6. The number of benzene rings is 2. The van der Waals surface area contributed by atoms with E-state index in [9.17, 15) is 24.6 Å². The van der Waals surface area contributed by atoms with Gasteiger partial charge in [-0.3, -0.25) is 9.78 Å². The Kier molecular flexibility index (Phi) is 12.3. The summed E-state index contributed by atoms with van der Waals surface area (Å²) in [6, 6.07) is 20.5. The Bertz CT molecular complexity index is 1420. The van der Waals surface area contributed by atoms with Gasteiger partial charge in [-0.05, 0) is 46.9 Å². The van der Waals surface area contributed by atoms with E-state index in [1.807, 2.05) is 93.6 Å². The molecular weight excluding hydrogens is 584 g/mol. The third-order valence-corrected chi connectivity index (χ3v) is 8.04. The van der Waals surface area contributed by atoms with Crippen molar-refractivity contribution in [2.24, 2.45) is 10.8 Å². The van der Waals surface area contributed by atoms with E-state index in [0.717, 1.165) is 22.4 Å². The highest BCUT2D eigenvalue weighted by molar-refractivity contribution is 5.86. The van der Waals surface area contributed by atoms with Gasteiger partial charge >= 0.3 is 12.2 Å². The van der Waals surface area contributed by atoms with Crippen LogP contribution >= 0.6 is 0 Å². The number of hydrogen-bond donors (Lipinski definition) is 5. The number of aliphatic hydroxyl groups is 1. The molecule has 5 atom stereocenters. The molecule has 1 aromatic heterocycles. The molecule has 46 heavy (non-hydrogen) atoms. The van der Waals surface area contributed by atoms with Crippen molar-refractivity contribution in [1.29, 1.82) is 0 Å². The number of carbonyl (C=O) groups excluding carboxylic acids is 2. The number of nitrogens with zero attached hydrogens (tertiary/aromatic N) is 1. The second kappa shape index (κ2) is 15.7. The number of amides is 3. The molecular formula is C36H48N4O6. The summed E-state index contributed by atoms with van der Waals surface area (Å²) in [5.74, 6) is -0.773. The van der Waals surface area contributed by atoms with Gasteiger partial charge in [-0.25, -0.2) is 9.59 Å². The smallest absolute Gasteiger partial charge is 0.407 e. The maximum atomic E-state index is 14.0. The van der Waals surface area contributed by atoms with Crippen LogP contribution in [0.1, 0.15) is 65.0 Å². The molecule has 0 radical (unpaired) electrons. The number of alkyl carbamates (subject to hydrolysis) is 1. The molecule has 0 fully saturated rings. The summed E-state index contributed by atoms with van der Waals surface area (Å²) < 4.78 is 4.80. The zero-order chi connectivity index (χ0) is 34.1. The van der Waals surface area contributed by atoms with Crippen molar-refractivity contribution >= 4 is 18.1 Å². The first kappa shape index (κ1) is 36.0. The van der Waals surface area contributed by atoms with Crippen molar-refractivity contribution in [3.63, 3.8) is 0 Å². The number of pyridine rings is 1. The molecule has 3 aromatic rings. The number of carboxylic acid groups (broad SMARTS) is 1. The van der Waals surface area contributed by atoms with E-state index in [2.05, 4.69) is 41.7 Å². The van der Waals surface area contributed by atoms with Gasteiger partial charge in [-0.15, -0.1) is 0 Å². The van der Waals surface area contributed by atoms with Gasteiger partial charge in [-0.2, -0.15) is 0 Å². The number of aliphatic hydroxyl groups excluding tert-OH is 1. The average molecular weight is 633 g/mol. The molecule has 3 rings (SSSR count). The zero-order valence-corrected chi connectivity index (χ0v) is 27.8. The Morgan fingerprint density at radius 2 is 1.43 bits per heavy atom. The summed E-state index contributed by atoms with van der Waals surface area (Å²) >= 11 is 0. The minimum Gasteiger partial charge on any atom is -0.465 e. The zero-order valence-electron chi connectivity index (χ0n) is 27.8. The highest BCUT2D eigenvalue weighted by Crippen LogP contribution is 2.40. The minimum absolute atomic E-state index is 0.0303. The van der Waals surface area contributed by atoms with Crippen LogP contribution in [0.5, 0.6) is 0 Å². The molecule has 10 heteroatoms. The van der Waals surface area contributed by atoms with Gasteiger partial charge in [0.05, 0.1) is 24.9 Å². The van der Waals surface area contributed by atoms with Gasteiger partial charge in [0, 0.05) is 23.7 Å². The topological polar surface area (TPSA) is 150 Å². The second-order valence-corrected chi connectivity index (χ2v) is 13.8. The van der Waals surface area contributed by atoms with Crippen molar-refractivity contribution in [1.82, 2.24) is 20.9 Å². The summed E-state index contributed by atoms with van der Waals surface area (Å²) in [4.78, 5) is 42.5. The van der Waals surface area contributed by atoms with E-state index in [0.29, 0.717) is 0 Å². The monoisotopic (exact) mass is 632 g/mol. The molecule has 0 spiro atoms. The maximum absolute atomic E-state index is 14.0. The van der Waals surface area contributed by atoms with Crippen LogP contribution in [0.3, 0.4) is 0 Å². The highest BCUT2D eigenvalue weighted by Gasteiger charge is 2.40. The summed E-state index contributed by atoms with van der Waals surface area (Å²) in [5.41, 5.74) is 2.43. The highest BCUT2D eigenvalue weighted by atomic mass is 16.5. The van der Waals surface area contributed by atoms with Crippen molar-refractivity contribution in [2.45, 2.75) is 84.5 Å². The summed E-state index contributed by atoms with van der Waals surface area (Å²) in [6.07, 6.45) is -1.14. The molecule has 1 unspecified atom stereocenters. The van der Waals surface area contributed by atoms with Crippen molar-refractivity contribution < 1.29 is 29.3 Å². The van der Waals surface area contributed by atoms with E-state index < -0.39 is 53.2 Å². The molecule has 0 aliphatic rings. The predicted octanol–water partition coefficient (Wildman–Crippen LogP) is 5.76. The number of hydrogen-bond acceptors (Lipinski definition) is 6. The van der Waals surface area contributed by atoms with Gasteiger partial charge < -0.3 is 30.9 Å². The standard InChI is InChI=1S/C36H48N4O6/c1-35(2,3)30(25-18-16-24(17-19-25)26-15-11-12-20-37-26)28(38-32(42)31(36(4,5)6)40-34(45)46-7)22-29(41)27(39-33(43)44)21-23-13-9-8-10-14-23/h8-20,27-31,39,41H,21-22H2,1-7H3,(H,38,42)(H,40,45)(H,43,44)/t27-,28+,29+,30?,31+/m0/s1. The number of nitrogens with one attached hydrogen (secondary N) is 3. The van der Waals surface area contributed by atoms with Gasteiger partial charge in [0.1, 0.15) is 6.04 Å². The van der Waals surface area contributed by atoms with Crippen LogP contribution in [0.15, 0.2) is 79.0 Å². The summed E-state index contributed by atoms with van der Waals surface area (Å²) in [7, 11) is 1.23. The van der Waals surface area contributed by atoms with Gasteiger partial charge in [-0.1, -0.05) is 102 Å². The van der Waals surface area contributed by atoms with Crippen molar-refractivity contribution in [2.75, 3.05) is 7.11 Å². The Balaban J connectivity index is 2.05. The molecule has 2 aromatic carbocycles. The van der Waals surface area contributed by atoms with Crippen LogP contribution in [0.25, 0.3) is 11.3 Å². The Labute approximate surface area is 272 Å². The normalized spacial score (nSPS) is 15.0. The van der Waals surface area contributed by atoms with Crippen LogP contribution in [0.2, 0.25) is 0 Å². The molecule has 0 aliphatic heterocycles. The third-order valence-electron chi connectivity index (χ3n) is 8.04. The Hall–Kier alpha value is -4.44. The van der Waals surface area contributed by atoms with Crippen LogP contribution < -0.4 is 16.0 Å². The van der Waals surface area contributed by atoms with Crippen molar-refractivity contribution in [3.8, 4) is 11.3 Å². The van der Waals surface area contributed by atoms with Gasteiger partial charge in [0.25, 0.3) is 0 Å². The molecule has 10 nitrogen and oxygen atoms in total. The van der Waals surface area contributed by atoms with E-state index in [-0.39, 0.29) is 18.8 Å². The molecule has 3 amide bonds. The maximum Gasteiger partial charge on any atom is 0.407 e. The fraction of sp³-hybridized carbons (Fsp3) is 0.444. The summed E-state index contributed by atoms with van der Waals surface area (Å²) in [5, 5.41) is 29.6. The number of rotatable bonds is 12. The lowest BCUT2D eigenvalue weighted by molar-refractivity contribution is -0.126.